The van der Waals surface area contributed by atoms with Crippen molar-refractivity contribution in [1.82, 2.24) is 5.32 Å². The smallest absolute Gasteiger partial charge is 0.0287 e. The van der Waals surface area contributed by atoms with Gasteiger partial charge in [-0.25, -0.2) is 4.57 Å². The minimum atomic E-state index is -0.0685. The van der Waals surface area contributed by atoms with E-state index in [0.29, 0.717) is 17.9 Å². The topological polar surface area (TPSA) is 50.0 Å². The summed E-state index contributed by atoms with van der Waals surface area (Å²) in [6, 6.07) is 3.61. The van der Waals surface area contributed by atoms with Crippen molar-refractivity contribution in [2.45, 2.75) is 0 Å². The van der Waals surface area contributed by atoms with Gasteiger partial charge >= 0.3 is 22.4 Å². The summed E-state index contributed by atoms with van der Waals surface area (Å²) in [6.45, 7) is 0.548. The molecule has 0 aromatic carbocycles. The Bertz CT molecular complexity index is 402. The molecule has 10 heteroatoms. The average molecular weight is 590 g/mol. The molecule has 1 heterocycles. The number of rotatable bonds is 7. The largest absolute Gasteiger partial charge is 0.792 e. The van der Waals surface area contributed by atoms with Crippen LogP contribution in [0, 0.1) is 0 Å². The summed E-state index contributed by atoms with van der Waals surface area (Å²) < 4.78 is 10.1. The minimum absolute atomic E-state index is 0. The molecule has 0 saturated heterocycles. The SMILES string of the molecule is C[n+]1cccc(C(=O)NCC[S-])c1.[I-].[O]=[99Tc+3].[S-]CCSCC[S-]. The molecule has 0 bridgehead atoms. The molecule has 23 heavy (non-hydrogen) atoms. The van der Waals surface area contributed by atoms with Crippen LogP contribution in [0.5, 0.6) is 0 Å². The van der Waals surface area contributed by atoms with Crippen LogP contribution < -0.4 is 33.9 Å². The van der Waals surface area contributed by atoms with Crippen LogP contribution in [0.3, 0.4) is 0 Å². The Morgan fingerprint density at radius 3 is 2.22 bits per heavy atom. The van der Waals surface area contributed by atoms with Crippen LogP contribution in [0.2, 0.25) is 0 Å². The number of hydrogen-bond acceptors (Lipinski definition) is 6. The maximum Gasteiger partial charge on any atom is -0.0287 e. The van der Waals surface area contributed by atoms with Crippen LogP contribution in [-0.4, -0.2) is 41.2 Å². The van der Waals surface area contributed by atoms with E-state index in [1.807, 2.05) is 35.6 Å². The van der Waals surface area contributed by atoms with Gasteiger partial charge in [0.15, 0.2) is 12.4 Å². The number of hydrogen-bond donors (Lipinski definition) is 1. The Labute approximate surface area is 187 Å². The number of nitrogens with zero attached hydrogens (tertiary/aromatic N) is 1. The molecular formula is C13H20IN2O2S4Tc. The van der Waals surface area contributed by atoms with E-state index >= 15 is 0 Å². The second-order valence-electron chi connectivity index (χ2n) is 3.74. The third-order valence-electron chi connectivity index (χ3n) is 2.04. The fourth-order valence-corrected chi connectivity index (χ4v) is 2.46. The number of amides is 1. The molecule has 0 aliphatic carbocycles. The summed E-state index contributed by atoms with van der Waals surface area (Å²) in [5.41, 5.74) is 0.661. The summed E-state index contributed by atoms with van der Waals surface area (Å²) in [6.07, 6.45) is 3.66. The van der Waals surface area contributed by atoms with Crippen molar-refractivity contribution in [3.63, 3.8) is 0 Å². The maximum atomic E-state index is 11.4. The first kappa shape index (κ1) is 29.0. The van der Waals surface area contributed by atoms with E-state index in [1.165, 1.54) is 0 Å². The summed E-state index contributed by atoms with van der Waals surface area (Å²) in [5.74, 6) is 4.38. The van der Waals surface area contributed by atoms with E-state index in [9.17, 15) is 4.79 Å². The van der Waals surface area contributed by atoms with Crippen molar-refractivity contribution >= 4 is 55.6 Å². The van der Waals surface area contributed by atoms with E-state index in [1.54, 1.807) is 12.3 Å². The number of pyridine rings is 1. The summed E-state index contributed by atoms with van der Waals surface area (Å²) in [4.78, 5) is 11.4. The zero-order valence-corrected chi connectivity index (χ0v) is 20.0. The number of aryl methyl sites for hydroxylation is 1. The number of halogens is 1. The first-order valence-corrected chi connectivity index (χ1v) is 10.0. The van der Waals surface area contributed by atoms with E-state index < -0.39 is 0 Å². The van der Waals surface area contributed by atoms with Crippen LogP contribution >= 0.6 is 11.8 Å². The quantitative estimate of drug-likeness (QED) is 0.164. The van der Waals surface area contributed by atoms with Crippen LogP contribution in [0.1, 0.15) is 10.4 Å². The second kappa shape index (κ2) is 23.2. The molecule has 1 rings (SSSR count). The van der Waals surface area contributed by atoms with E-state index in [4.69, 9.17) is 41.4 Å². The zero-order chi connectivity index (χ0) is 17.2. The molecule has 132 valence electrons. The third-order valence-corrected chi connectivity index (χ3v) is 4.16. The Morgan fingerprint density at radius 2 is 1.78 bits per heavy atom. The molecule has 0 aliphatic heterocycles. The first-order valence-electron chi connectivity index (χ1n) is 6.36. The van der Waals surface area contributed by atoms with Crippen molar-refractivity contribution in [2.24, 2.45) is 7.05 Å². The summed E-state index contributed by atoms with van der Waals surface area (Å²) >= 11 is 16.9. The van der Waals surface area contributed by atoms with Gasteiger partial charge in [-0.15, -0.1) is 0 Å². The number of carbonyl (C=O) groups is 1. The number of carbonyl (C=O) groups excluding carboxylic acids is 1. The van der Waals surface area contributed by atoms with Crippen LogP contribution in [0.15, 0.2) is 24.5 Å². The van der Waals surface area contributed by atoms with Gasteiger partial charge < -0.3 is 67.2 Å². The predicted molar refractivity (Wildman–Crippen MR) is 94.7 cm³/mol. The van der Waals surface area contributed by atoms with Crippen molar-refractivity contribution in [2.75, 3.05) is 35.3 Å². The van der Waals surface area contributed by atoms with Crippen LogP contribution in [-0.2, 0) is 67.3 Å². The van der Waals surface area contributed by atoms with Gasteiger partial charge in [-0.3, -0.25) is 4.79 Å². The van der Waals surface area contributed by atoms with Crippen molar-refractivity contribution in [3.8, 4) is 0 Å². The zero-order valence-electron chi connectivity index (χ0n) is 12.7. The standard InChI is InChI=1S/C9H12N2OS.C4H10S3.HI.O.Tc/c1-11-5-2-3-8(7-11)9(12)10-4-6-13;5-1-3-7-4-2-6;;;/h2-3,5,7H,4,6H2,1H3,(H-,10,12,13);5-6H,1-4H2;1H;;/q;;;;+3/p-3/i;;;;1+1. The van der Waals surface area contributed by atoms with Crippen molar-refractivity contribution in [3.05, 3.63) is 30.1 Å². The van der Waals surface area contributed by atoms with Gasteiger partial charge in [0.25, 0.3) is 5.91 Å². The van der Waals surface area contributed by atoms with Gasteiger partial charge in [0.2, 0.25) is 0 Å². The van der Waals surface area contributed by atoms with E-state index in [2.05, 4.69) is 5.32 Å². The first-order chi connectivity index (χ1) is 10.7. The molecule has 0 unspecified atom stereocenters. The van der Waals surface area contributed by atoms with Gasteiger partial charge in [-0.05, 0) is 24.1 Å². The molecular weight excluding hydrogens is 570 g/mol. The Morgan fingerprint density at radius 1 is 1.22 bits per heavy atom. The summed E-state index contributed by atoms with van der Waals surface area (Å²) in [7, 11) is 1.88. The van der Waals surface area contributed by atoms with Gasteiger partial charge in [-0.2, -0.15) is 29.0 Å². The Balaban J connectivity index is -0.000000345. The van der Waals surface area contributed by atoms with Gasteiger partial charge in [0.05, 0.1) is 0 Å². The Hall–Kier alpha value is 1.20. The molecule has 0 aliphatic rings. The predicted octanol–water partition coefficient (Wildman–Crippen LogP) is -2.52. The molecule has 4 nitrogen and oxygen atoms in total. The second-order valence-corrected chi connectivity index (χ2v) is 6.19. The molecule has 0 saturated carbocycles. The van der Waals surface area contributed by atoms with E-state index in [-0.39, 0.29) is 29.9 Å². The maximum absolute atomic E-state index is 11.4. The number of nitrogens with one attached hydrogen (secondary N) is 1. The minimum Gasteiger partial charge on any atom is -0.792 e. The fraction of sp³-hybridized carbons (Fsp3) is 0.538. The Kier molecular flexibility index (Phi) is 29.2. The molecule has 1 N–H and O–H groups in total. The summed E-state index contributed by atoms with van der Waals surface area (Å²) in [5, 5.41) is 2.72. The molecule has 0 radical (unpaired) electrons. The number of aromatic nitrogens is 1. The molecule has 0 spiro atoms. The molecule has 1 amide bonds. The molecule has 0 fully saturated rings. The molecule has 1 aromatic rings. The average Bonchev–Trinajstić information content (AvgIpc) is 2.55. The van der Waals surface area contributed by atoms with Crippen LogP contribution in [0.4, 0.5) is 0 Å². The fourth-order valence-electron chi connectivity index (χ4n) is 1.21. The number of thioether (sulfide) groups is 1. The third kappa shape index (κ3) is 19.4. The van der Waals surface area contributed by atoms with Crippen molar-refractivity contribution in [1.29, 1.82) is 0 Å². The normalized spacial score (nSPS) is 8.48. The van der Waals surface area contributed by atoms with Gasteiger partial charge in [-0.1, -0.05) is 0 Å². The molecule has 1 aromatic heterocycles. The van der Waals surface area contributed by atoms with E-state index in [0.717, 1.165) is 41.9 Å². The van der Waals surface area contributed by atoms with Crippen molar-refractivity contribution < 1.29 is 55.7 Å². The monoisotopic (exact) mass is 590 g/mol. The molecule has 0 atom stereocenters. The van der Waals surface area contributed by atoms with Gasteiger partial charge in [0, 0.05) is 6.07 Å². The van der Waals surface area contributed by atoms with Crippen LogP contribution in [0.25, 0.3) is 0 Å². The van der Waals surface area contributed by atoms with Gasteiger partial charge in [0.1, 0.15) is 12.6 Å².